The van der Waals surface area contributed by atoms with Crippen LogP contribution in [0.25, 0.3) is 10.7 Å². The van der Waals surface area contributed by atoms with Gasteiger partial charge in [-0.3, -0.25) is 10.1 Å². The molecule has 0 radical (unpaired) electrons. The number of aromatic nitrogens is 2. The standard InChI is InChI=1S/C14H8FN3O4S/c15-8-3-1-7(2-4-8)11(19)17-12-9(14(20)21)10(18-22-12)13-16-5-6-23-13/h1-6H,(H,17,19)(H,20,21). The van der Waals surface area contributed by atoms with Crippen molar-refractivity contribution in [2.24, 2.45) is 0 Å². The first-order valence-electron chi connectivity index (χ1n) is 6.26. The van der Waals surface area contributed by atoms with Crippen LogP contribution in [-0.4, -0.2) is 27.1 Å². The Morgan fingerprint density at radius 3 is 2.61 bits per heavy atom. The summed E-state index contributed by atoms with van der Waals surface area (Å²) in [5, 5.41) is 17.3. The van der Waals surface area contributed by atoms with Crippen molar-refractivity contribution in [3.8, 4) is 10.7 Å². The van der Waals surface area contributed by atoms with E-state index in [0.29, 0.717) is 5.01 Å². The predicted molar refractivity (Wildman–Crippen MR) is 78.9 cm³/mol. The Morgan fingerprint density at radius 2 is 2.00 bits per heavy atom. The molecule has 116 valence electrons. The van der Waals surface area contributed by atoms with Crippen LogP contribution in [-0.2, 0) is 0 Å². The van der Waals surface area contributed by atoms with Crippen LogP contribution in [0.3, 0.4) is 0 Å². The summed E-state index contributed by atoms with van der Waals surface area (Å²) in [5.41, 5.74) is -0.118. The van der Waals surface area contributed by atoms with Crippen molar-refractivity contribution in [3.63, 3.8) is 0 Å². The quantitative estimate of drug-likeness (QED) is 0.760. The molecule has 0 spiro atoms. The molecule has 3 rings (SSSR count). The van der Waals surface area contributed by atoms with Gasteiger partial charge in [-0.25, -0.2) is 14.2 Å². The van der Waals surface area contributed by atoms with Gasteiger partial charge in [-0.2, -0.15) is 0 Å². The summed E-state index contributed by atoms with van der Waals surface area (Å²) in [7, 11) is 0. The van der Waals surface area contributed by atoms with Gasteiger partial charge in [0.1, 0.15) is 10.8 Å². The highest BCUT2D eigenvalue weighted by Gasteiger charge is 2.26. The van der Waals surface area contributed by atoms with E-state index in [1.165, 1.54) is 29.7 Å². The van der Waals surface area contributed by atoms with E-state index in [1.807, 2.05) is 0 Å². The molecule has 2 heterocycles. The Balaban J connectivity index is 1.93. The number of thiazole rings is 1. The molecule has 23 heavy (non-hydrogen) atoms. The van der Waals surface area contributed by atoms with Crippen LogP contribution in [0.15, 0.2) is 40.4 Å². The molecule has 2 N–H and O–H groups in total. The highest BCUT2D eigenvalue weighted by Crippen LogP contribution is 2.30. The first-order valence-corrected chi connectivity index (χ1v) is 7.14. The lowest BCUT2D eigenvalue weighted by Crippen LogP contribution is -2.14. The van der Waals surface area contributed by atoms with Gasteiger partial charge < -0.3 is 9.63 Å². The van der Waals surface area contributed by atoms with Gasteiger partial charge in [-0.1, -0.05) is 5.16 Å². The van der Waals surface area contributed by atoms with Crippen molar-refractivity contribution in [2.45, 2.75) is 0 Å². The lowest BCUT2D eigenvalue weighted by Gasteiger charge is -2.02. The number of aromatic carboxylic acids is 1. The minimum Gasteiger partial charge on any atom is -0.477 e. The molecule has 1 amide bonds. The zero-order valence-electron chi connectivity index (χ0n) is 11.3. The van der Waals surface area contributed by atoms with Gasteiger partial charge in [0.25, 0.3) is 5.91 Å². The van der Waals surface area contributed by atoms with E-state index in [9.17, 15) is 19.1 Å². The molecule has 0 atom stereocenters. The summed E-state index contributed by atoms with van der Waals surface area (Å²) in [5.74, 6) is -2.75. The van der Waals surface area contributed by atoms with Gasteiger partial charge in [0.2, 0.25) is 5.88 Å². The minimum atomic E-state index is -1.31. The van der Waals surface area contributed by atoms with E-state index < -0.39 is 17.7 Å². The molecule has 0 aliphatic rings. The van der Waals surface area contributed by atoms with Crippen LogP contribution < -0.4 is 5.32 Å². The summed E-state index contributed by atoms with van der Waals surface area (Å²) in [6, 6.07) is 4.77. The Hall–Kier alpha value is -3.07. The van der Waals surface area contributed by atoms with Gasteiger partial charge in [0.15, 0.2) is 11.3 Å². The number of benzene rings is 1. The highest BCUT2D eigenvalue weighted by molar-refractivity contribution is 7.13. The Morgan fingerprint density at radius 1 is 1.26 bits per heavy atom. The maximum absolute atomic E-state index is 12.9. The molecule has 0 aliphatic carbocycles. The Labute approximate surface area is 132 Å². The molecule has 1 aromatic carbocycles. The number of nitrogens with zero attached hydrogens (tertiary/aromatic N) is 2. The van der Waals surface area contributed by atoms with Crippen LogP contribution in [0.4, 0.5) is 10.3 Å². The number of carboxylic acids is 1. The number of carbonyl (C=O) groups is 2. The summed E-state index contributed by atoms with van der Waals surface area (Å²) < 4.78 is 17.8. The largest absolute Gasteiger partial charge is 0.477 e. The van der Waals surface area contributed by atoms with Crippen molar-refractivity contribution < 1.29 is 23.6 Å². The maximum Gasteiger partial charge on any atom is 0.343 e. The highest BCUT2D eigenvalue weighted by atomic mass is 32.1. The number of amides is 1. The molecular weight excluding hydrogens is 325 g/mol. The molecule has 0 saturated carbocycles. The molecule has 0 fully saturated rings. The molecule has 3 aromatic rings. The smallest absolute Gasteiger partial charge is 0.343 e. The number of hydrogen-bond acceptors (Lipinski definition) is 6. The van der Waals surface area contributed by atoms with Crippen LogP contribution in [0.1, 0.15) is 20.7 Å². The average Bonchev–Trinajstić information content (AvgIpc) is 3.16. The number of halogens is 1. The lowest BCUT2D eigenvalue weighted by molar-refractivity contribution is 0.0698. The number of hydrogen-bond donors (Lipinski definition) is 2. The van der Waals surface area contributed by atoms with Crippen molar-refractivity contribution in [2.75, 3.05) is 5.32 Å². The van der Waals surface area contributed by atoms with Crippen molar-refractivity contribution in [1.29, 1.82) is 0 Å². The van der Waals surface area contributed by atoms with Gasteiger partial charge in [-0.15, -0.1) is 11.3 Å². The summed E-state index contributed by atoms with van der Waals surface area (Å²) in [6.07, 6.45) is 1.50. The summed E-state index contributed by atoms with van der Waals surface area (Å²) in [4.78, 5) is 27.5. The van der Waals surface area contributed by atoms with E-state index in [-0.39, 0.29) is 22.7 Å². The van der Waals surface area contributed by atoms with Gasteiger partial charge in [0, 0.05) is 17.1 Å². The van der Waals surface area contributed by atoms with Gasteiger partial charge >= 0.3 is 5.97 Å². The predicted octanol–water partition coefficient (Wildman–Crippen LogP) is 2.89. The van der Waals surface area contributed by atoms with E-state index >= 15 is 0 Å². The molecular formula is C14H8FN3O4S. The minimum absolute atomic E-state index is 0.0295. The average molecular weight is 333 g/mol. The van der Waals surface area contributed by atoms with Gasteiger partial charge in [-0.05, 0) is 24.3 Å². The van der Waals surface area contributed by atoms with Crippen LogP contribution >= 0.6 is 11.3 Å². The fourth-order valence-electron chi connectivity index (χ4n) is 1.84. The second-order valence-electron chi connectivity index (χ2n) is 4.34. The zero-order valence-corrected chi connectivity index (χ0v) is 12.1. The second-order valence-corrected chi connectivity index (χ2v) is 5.23. The van der Waals surface area contributed by atoms with Crippen LogP contribution in [0, 0.1) is 5.82 Å². The monoisotopic (exact) mass is 333 g/mol. The molecule has 0 aliphatic heterocycles. The fourth-order valence-corrected chi connectivity index (χ4v) is 2.46. The van der Waals surface area contributed by atoms with Crippen LogP contribution in [0.5, 0.6) is 0 Å². The summed E-state index contributed by atoms with van der Waals surface area (Å²) in [6.45, 7) is 0. The lowest BCUT2D eigenvalue weighted by atomic mass is 10.2. The number of nitrogens with one attached hydrogen (secondary N) is 1. The molecule has 0 bridgehead atoms. The third kappa shape index (κ3) is 2.94. The topological polar surface area (TPSA) is 105 Å². The molecule has 7 nitrogen and oxygen atoms in total. The molecule has 2 aromatic heterocycles. The van der Waals surface area contributed by atoms with Crippen molar-refractivity contribution in [3.05, 3.63) is 52.8 Å². The zero-order chi connectivity index (χ0) is 16.4. The third-order valence-corrected chi connectivity index (χ3v) is 3.65. The molecule has 0 saturated heterocycles. The third-order valence-electron chi connectivity index (χ3n) is 2.87. The maximum atomic E-state index is 12.9. The Kier molecular flexibility index (Phi) is 3.85. The fraction of sp³-hybridized carbons (Fsp3) is 0. The SMILES string of the molecule is O=C(Nc1onc(-c2nccs2)c1C(=O)O)c1ccc(F)cc1. The van der Waals surface area contributed by atoms with E-state index in [0.717, 1.165) is 12.1 Å². The van der Waals surface area contributed by atoms with E-state index in [2.05, 4.69) is 15.5 Å². The number of carbonyl (C=O) groups excluding carboxylic acids is 1. The summed E-state index contributed by atoms with van der Waals surface area (Å²) >= 11 is 1.19. The molecule has 0 unspecified atom stereocenters. The van der Waals surface area contributed by atoms with Crippen molar-refractivity contribution >= 4 is 29.1 Å². The number of rotatable bonds is 4. The second kappa shape index (κ2) is 5.97. The normalized spacial score (nSPS) is 10.5. The molecule has 9 heteroatoms. The van der Waals surface area contributed by atoms with Gasteiger partial charge in [0.05, 0.1) is 0 Å². The number of anilines is 1. The van der Waals surface area contributed by atoms with E-state index in [4.69, 9.17) is 4.52 Å². The van der Waals surface area contributed by atoms with Crippen LogP contribution in [0.2, 0.25) is 0 Å². The van der Waals surface area contributed by atoms with Crippen molar-refractivity contribution in [1.82, 2.24) is 10.1 Å². The number of carboxylic acid groups (broad SMARTS) is 1. The first kappa shape index (κ1) is 14.9. The van der Waals surface area contributed by atoms with E-state index in [1.54, 1.807) is 5.38 Å². The Bertz CT molecular complexity index is 859. The first-order chi connectivity index (χ1) is 11.1.